The van der Waals surface area contributed by atoms with Gasteiger partial charge in [-0.05, 0) is 59.8 Å². The van der Waals surface area contributed by atoms with Gasteiger partial charge in [0.2, 0.25) is 5.91 Å². The smallest absolute Gasteiger partial charge is 0.407 e. The zero-order valence-corrected chi connectivity index (χ0v) is 19.7. The van der Waals surface area contributed by atoms with Crippen LogP contribution in [0.25, 0.3) is 11.1 Å². The number of benzene rings is 2. The average molecular weight is 477 g/mol. The fourth-order valence-electron chi connectivity index (χ4n) is 5.62. The third kappa shape index (κ3) is 5.50. The van der Waals surface area contributed by atoms with Crippen molar-refractivity contribution in [3.8, 4) is 11.1 Å². The summed E-state index contributed by atoms with van der Waals surface area (Å²) in [6.07, 6.45) is 4.76. The van der Waals surface area contributed by atoms with E-state index in [4.69, 9.17) is 4.74 Å². The van der Waals surface area contributed by atoms with Crippen LogP contribution in [0.5, 0.6) is 0 Å². The molecule has 0 aromatic heterocycles. The second kappa shape index (κ2) is 10.1. The fourth-order valence-corrected chi connectivity index (χ4v) is 5.62. The minimum Gasteiger partial charge on any atom is -0.480 e. The van der Waals surface area contributed by atoms with E-state index in [9.17, 15) is 19.5 Å². The van der Waals surface area contributed by atoms with E-state index >= 15 is 0 Å². The van der Waals surface area contributed by atoms with Gasteiger partial charge in [0.05, 0.1) is 0 Å². The third-order valence-electron chi connectivity index (χ3n) is 7.58. The van der Waals surface area contributed by atoms with E-state index in [0.29, 0.717) is 18.8 Å². The Bertz CT molecular complexity index is 1070. The number of carbonyl (C=O) groups excluding carboxylic acids is 2. The summed E-state index contributed by atoms with van der Waals surface area (Å²) in [6.45, 7) is 0.274. The summed E-state index contributed by atoms with van der Waals surface area (Å²) < 4.78 is 5.65. The first-order valence-corrected chi connectivity index (χ1v) is 12.6. The van der Waals surface area contributed by atoms with Crippen molar-refractivity contribution >= 4 is 18.0 Å². The van der Waals surface area contributed by atoms with Crippen molar-refractivity contribution in [3.63, 3.8) is 0 Å². The van der Waals surface area contributed by atoms with Crippen molar-refractivity contribution in [2.45, 2.75) is 62.9 Å². The summed E-state index contributed by atoms with van der Waals surface area (Å²) in [7, 11) is 0. The van der Waals surface area contributed by atoms with Gasteiger partial charge < -0.3 is 20.5 Å². The molecule has 0 saturated heterocycles. The van der Waals surface area contributed by atoms with Gasteiger partial charge in [-0.2, -0.15) is 0 Å². The highest BCUT2D eigenvalue weighted by Gasteiger charge is 2.33. The van der Waals surface area contributed by atoms with Crippen LogP contribution in [0.4, 0.5) is 4.79 Å². The van der Waals surface area contributed by atoms with Crippen molar-refractivity contribution in [1.82, 2.24) is 10.6 Å². The molecule has 0 spiro atoms. The minimum atomic E-state index is -0.966. The van der Waals surface area contributed by atoms with Gasteiger partial charge in [-0.25, -0.2) is 9.59 Å². The van der Waals surface area contributed by atoms with Crippen LogP contribution in [0.15, 0.2) is 48.5 Å². The monoisotopic (exact) mass is 476 g/mol. The summed E-state index contributed by atoms with van der Waals surface area (Å²) in [6, 6.07) is 15.6. The molecule has 3 aliphatic rings. The Kier molecular flexibility index (Phi) is 6.75. The molecule has 7 nitrogen and oxygen atoms in total. The van der Waals surface area contributed by atoms with Crippen molar-refractivity contribution in [3.05, 3.63) is 59.7 Å². The molecule has 3 atom stereocenters. The van der Waals surface area contributed by atoms with Crippen LogP contribution in [0.2, 0.25) is 0 Å². The van der Waals surface area contributed by atoms with Crippen molar-refractivity contribution in [2.24, 2.45) is 11.8 Å². The lowest BCUT2D eigenvalue weighted by atomic mass is 9.98. The number of carboxylic acid groups (broad SMARTS) is 1. The molecular formula is C28H32N2O5. The molecule has 2 fully saturated rings. The maximum absolute atomic E-state index is 12.6. The van der Waals surface area contributed by atoms with Crippen LogP contribution < -0.4 is 10.6 Å². The maximum Gasteiger partial charge on any atom is 0.407 e. The molecule has 0 unspecified atom stereocenters. The number of nitrogens with one attached hydrogen (secondary N) is 2. The number of alkyl carbamates (subject to hydrolysis) is 1. The van der Waals surface area contributed by atoms with E-state index in [1.54, 1.807) is 0 Å². The molecular weight excluding hydrogens is 444 g/mol. The van der Waals surface area contributed by atoms with Gasteiger partial charge in [-0.3, -0.25) is 4.79 Å². The van der Waals surface area contributed by atoms with E-state index in [-0.39, 0.29) is 36.8 Å². The van der Waals surface area contributed by atoms with Crippen LogP contribution >= 0.6 is 0 Å². The van der Waals surface area contributed by atoms with Crippen molar-refractivity contribution in [1.29, 1.82) is 0 Å². The molecule has 3 N–H and O–H groups in total. The van der Waals surface area contributed by atoms with Gasteiger partial charge in [0.1, 0.15) is 12.6 Å². The number of amides is 2. The number of rotatable bonds is 9. The molecule has 0 aliphatic heterocycles. The molecule has 0 radical (unpaired) electrons. The van der Waals surface area contributed by atoms with E-state index in [1.165, 1.54) is 22.3 Å². The van der Waals surface area contributed by atoms with E-state index in [2.05, 4.69) is 34.9 Å². The Balaban J connectivity index is 1.08. The number of carbonyl (C=O) groups is 3. The predicted molar refractivity (Wildman–Crippen MR) is 131 cm³/mol. The van der Waals surface area contributed by atoms with Gasteiger partial charge in [0.25, 0.3) is 0 Å². The van der Waals surface area contributed by atoms with E-state index < -0.39 is 18.1 Å². The van der Waals surface area contributed by atoms with Crippen LogP contribution in [0, 0.1) is 11.8 Å². The molecule has 5 rings (SSSR count). The number of fused-ring (bicyclic) bond motifs is 3. The molecule has 7 heteroatoms. The van der Waals surface area contributed by atoms with Gasteiger partial charge in [0.15, 0.2) is 0 Å². The van der Waals surface area contributed by atoms with Crippen LogP contribution in [-0.4, -0.2) is 41.8 Å². The lowest BCUT2D eigenvalue weighted by molar-refractivity contribution is -0.142. The molecule has 184 valence electrons. The molecule has 2 amide bonds. The lowest BCUT2D eigenvalue weighted by Gasteiger charge is -2.18. The van der Waals surface area contributed by atoms with E-state index in [0.717, 1.165) is 25.7 Å². The highest BCUT2D eigenvalue weighted by Crippen LogP contribution is 2.44. The number of hydrogen-bond donors (Lipinski definition) is 3. The molecule has 0 heterocycles. The normalized spacial score (nSPS) is 21.6. The topological polar surface area (TPSA) is 105 Å². The van der Waals surface area contributed by atoms with E-state index in [1.807, 2.05) is 24.3 Å². The second-order valence-electron chi connectivity index (χ2n) is 10.2. The van der Waals surface area contributed by atoms with Crippen molar-refractivity contribution in [2.75, 3.05) is 6.61 Å². The van der Waals surface area contributed by atoms with Crippen LogP contribution in [-0.2, 0) is 14.3 Å². The second-order valence-corrected chi connectivity index (χ2v) is 10.2. The van der Waals surface area contributed by atoms with Gasteiger partial charge >= 0.3 is 12.1 Å². The molecule has 35 heavy (non-hydrogen) atoms. The number of hydrogen-bond acceptors (Lipinski definition) is 4. The lowest BCUT2D eigenvalue weighted by Crippen LogP contribution is -2.41. The Morgan fingerprint density at radius 1 is 0.914 bits per heavy atom. The highest BCUT2D eigenvalue weighted by molar-refractivity contribution is 5.83. The van der Waals surface area contributed by atoms with Crippen LogP contribution in [0.3, 0.4) is 0 Å². The summed E-state index contributed by atoms with van der Waals surface area (Å²) in [4.78, 5) is 36.4. The molecule has 2 saturated carbocycles. The van der Waals surface area contributed by atoms with Crippen molar-refractivity contribution < 1.29 is 24.2 Å². The number of ether oxygens (including phenoxy) is 1. The first-order chi connectivity index (χ1) is 17.0. The van der Waals surface area contributed by atoms with Gasteiger partial charge in [-0.15, -0.1) is 0 Å². The highest BCUT2D eigenvalue weighted by atomic mass is 16.5. The molecule has 2 aromatic rings. The largest absolute Gasteiger partial charge is 0.480 e. The standard InChI is InChI=1S/C28H32N2O5/c31-26(30-25(27(32)33)14-17-9-10-17)15-18-11-12-19(13-18)29-28(34)35-16-24-22-7-3-1-5-20(22)21-6-2-4-8-23(21)24/h1-8,17-19,24-25H,9-16H2,(H,29,34)(H,30,31)(H,32,33)/t18-,19+,25+/m1/s1. The summed E-state index contributed by atoms with van der Waals surface area (Å²) >= 11 is 0. The summed E-state index contributed by atoms with van der Waals surface area (Å²) in [5.74, 6) is -0.611. The van der Waals surface area contributed by atoms with Gasteiger partial charge in [0, 0.05) is 18.4 Å². The number of carboxylic acids is 1. The average Bonchev–Trinajstić information content (AvgIpc) is 3.47. The Labute approximate surface area is 205 Å². The Morgan fingerprint density at radius 2 is 1.54 bits per heavy atom. The minimum absolute atomic E-state index is 0.0194. The summed E-state index contributed by atoms with van der Waals surface area (Å²) in [5.41, 5.74) is 4.73. The fraction of sp³-hybridized carbons (Fsp3) is 0.464. The third-order valence-corrected chi connectivity index (χ3v) is 7.58. The van der Waals surface area contributed by atoms with Crippen LogP contribution in [0.1, 0.15) is 62.0 Å². The molecule has 3 aliphatic carbocycles. The number of aliphatic carboxylic acids is 1. The Morgan fingerprint density at radius 3 is 2.17 bits per heavy atom. The summed E-state index contributed by atoms with van der Waals surface area (Å²) in [5, 5.41) is 15.0. The maximum atomic E-state index is 12.6. The first kappa shape index (κ1) is 23.4. The zero-order chi connectivity index (χ0) is 24.4. The molecule has 0 bridgehead atoms. The van der Waals surface area contributed by atoms with Gasteiger partial charge in [-0.1, -0.05) is 61.4 Å². The molecule has 2 aromatic carbocycles. The predicted octanol–water partition coefficient (Wildman–Crippen LogP) is 4.45. The quantitative estimate of drug-likeness (QED) is 0.496. The Hall–Kier alpha value is -3.35. The SMILES string of the molecule is O=C(C[C@@H]1CC[C@H](NC(=O)OCC2c3ccccc3-c3ccccc32)C1)N[C@@H](CC1CC1)C(=O)O. The first-order valence-electron chi connectivity index (χ1n) is 12.6. The zero-order valence-electron chi connectivity index (χ0n) is 19.7.